The van der Waals surface area contributed by atoms with Crippen LogP contribution in [0.2, 0.25) is 0 Å². The lowest BCUT2D eigenvalue weighted by atomic mass is 9.96. The number of ketones is 1. The van der Waals surface area contributed by atoms with Gasteiger partial charge in [0.2, 0.25) is 0 Å². The Balaban J connectivity index is 3.81. The Bertz CT molecular complexity index is 125. The summed E-state index contributed by atoms with van der Waals surface area (Å²) in [5.41, 5.74) is 10.9. The molecule has 0 fully saturated rings. The summed E-state index contributed by atoms with van der Waals surface area (Å²) >= 11 is 0. The van der Waals surface area contributed by atoms with E-state index >= 15 is 0 Å². The number of Topliss-reactive ketones (excluding diaryl/α,β-unsaturated/α-hetero) is 1. The van der Waals surface area contributed by atoms with Crippen LogP contribution in [0.5, 0.6) is 0 Å². The number of hydrogen-bond donors (Lipinski definition) is 2. The number of carbonyl (C=O) groups is 1. The third kappa shape index (κ3) is 3.49. The van der Waals surface area contributed by atoms with Gasteiger partial charge in [0.25, 0.3) is 0 Å². The first-order valence-electron chi connectivity index (χ1n) is 4.12. The number of hydrogen-bond acceptors (Lipinski definition) is 3. The maximum Gasteiger partial charge on any atom is 0.152 e. The van der Waals surface area contributed by atoms with Crippen molar-refractivity contribution in [3.8, 4) is 0 Å². The van der Waals surface area contributed by atoms with E-state index in [0.29, 0.717) is 13.0 Å². The molecule has 0 aliphatic carbocycles. The zero-order valence-corrected chi connectivity index (χ0v) is 7.34. The van der Waals surface area contributed by atoms with Crippen LogP contribution in [-0.4, -0.2) is 18.4 Å². The molecule has 11 heavy (non-hydrogen) atoms. The minimum Gasteiger partial charge on any atom is -0.330 e. The Morgan fingerprint density at radius 1 is 1.55 bits per heavy atom. The van der Waals surface area contributed by atoms with E-state index in [1.54, 1.807) is 0 Å². The molecule has 0 saturated carbocycles. The fourth-order valence-electron chi connectivity index (χ4n) is 0.888. The topological polar surface area (TPSA) is 69.1 Å². The molecule has 0 aliphatic rings. The van der Waals surface area contributed by atoms with Crippen LogP contribution in [0.15, 0.2) is 0 Å². The zero-order chi connectivity index (χ0) is 8.85. The fraction of sp³-hybridized carbons (Fsp3) is 0.875. The van der Waals surface area contributed by atoms with E-state index in [-0.39, 0.29) is 17.7 Å². The summed E-state index contributed by atoms with van der Waals surface area (Å²) in [7, 11) is 0. The van der Waals surface area contributed by atoms with E-state index in [1.165, 1.54) is 0 Å². The maximum atomic E-state index is 11.3. The van der Waals surface area contributed by atoms with Gasteiger partial charge < -0.3 is 11.5 Å². The molecule has 0 radical (unpaired) electrons. The van der Waals surface area contributed by atoms with Gasteiger partial charge in [0.15, 0.2) is 5.78 Å². The van der Waals surface area contributed by atoms with Crippen molar-refractivity contribution in [2.45, 2.75) is 32.7 Å². The Morgan fingerprint density at radius 3 is 2.45 bits per heavy atom. The van der Waals surface area contributed by atoms with Crippen LogP contribution >= 0.6 is 0 Å². The van der Waals surface area contributed by atoms with Gasteiger partial charge in [0, 0.05) is 5.92 Å². The van der Waals surface area contributed by atoms with Gasteiger partial charge in [-0.3, -0.25) is 4.79 Å². The molecule has 0 heterocycles. The normalized spacial score (nSPS) is 16.0. The first-order chi connectivity index (χ1) is 5.13. The smallest absolute Gasteiger partial charge is 0.152 e. The fourth-order valence-corrected chi connectivity index (χ4v) is 0.888. The summed E-state index contributed by atoms with van der Waals surface area (Å²) in [6.07, 6.45) is 1.46. The Labute approximate surface area is 68.1 Å². The average Bonchev–Trinajstić information content (AvgIpc) is 2.02. The quantitative estimate of drug-likeness (QED) is 0.603. The Morgan fingerprint density at radius 2 is 2.09 bits per heavy atom. The van der Waals surface area contributed by atoms with Crippen LogP contribution in [0.3, 0.4) is 0 Å². The van der Waals surface area contributed by atoms with Gasteiger partial charge in [0.05, 0.1) is 6.04 Å². The molecular formula is C8H18N2O. The lowest BCUT2D eigenvalue weighted by Crippen LogP contribution is -2.36. The van der Waals surface area contributed by atoms with E-state index in [1.807, 2.05) is 13.8 Å². The molecular weight excluding hydrogens is 140 g/mol. The van der Waals surface area contributed by atoms with Crippen molar-refractivity contribution in [2.24, 2.45) is 17.4 Å². The summed E-state index contributed by atoms with van der Waals surface area (Å²) in [5, 5.41) is 0. The van der Waals surface area contributed by atoms with E-state index in [4.69, 9.17) is 11.5 Å². The standard InChI is InChI=1S/C8H18N2O/c1-3-6(2)8(11)7(10)4-5-9/h6-7H,3-5,9-10H2,1-2H3/t6?,7-/m0/s1. The zero-order valence-electron chi connectivity index (χ0n) is 7.34. The molecule has 0 amide bonds. The number of nitrogens with two attached hydrogens (primary N) is 2. The third-order valence-corrected chi connectivity index (χ3v) is 1.94. The van der Waals surface area contributed by atoms with Crippen molar-refractivity contribution >= 4 is 5.78 Å². The summed E-state index contributed by atoms with van der Waals surface area (Å²) in [4.78, 5) is 11.3. The lowest BCUT2D eigenvalue weighted by Gasteiger charge is -2.13. The highest BCUT2D eigenvalue weighted by atomic mass is 16.1. The minimum atomic E-state index is -0.352. The Kier molecular flexibility index (Phi) is 5.07. The molecule has 0 aromatic heterocycles. The van der Waals surface area contributed by atoms with E-state index in [9.17, 15) is 4.79 Å². The van der Waals surface area contributed by atoms with Crippen LogP contribution < -0.4 is 11.5 Å². The van der Waals surface area contributed by atoms with Crippen molar-refractivity contribution in [2.75, 3.05) is 6.54 Å². The van der Waals surface area contributed by atoms with Crippen molar-refractivity contribution in [1.29, 1.82) is 0 Å². The predicted molar refractivity (Wildman–Crippen MR) is 46.1 cm³/mol. The van der Waals surface area contributed by atoms with E-state index in [2.05, 4.69) is 0 Å². The molecule has 1 unspecified atom stereocenters. The summed E-state index contributed by atoms with van der Waals surface area (Å²) in [5.74, 6) is 0.217. The molecule has 4 N–H and O–H groups in total. The predicted octanol–water partition coefficient (Wildman–Crippen LogP) is 0.278. The van der Waals surface area contributed by atoms with Crippen LogP contribution in [0.25, 0.3) is 0 Å². The number of carbonyl (C=O) groups excluding carboxylic acids is 1. The van der Waals surface area contributed by atoms with Crippen molar-refractivity contribution in [3.05, 3.63) is 0 Å². The SMILES string of the molecule is CCC(C)C(=O)[C@@H](N)CCN. The average molecular weight is 158 g/mol. The molecule has 0 bridgehead atoms. The summed E-state index contributed by atoms with van der Waals surface area (Å²) in [6.45, 7) is 4.37. The molecule has 66 valence electrons. The summed E-state index contributed by atoms with van der Waals surface area (Å²) in [6, 6.07) is -0.352. The molecule has 0 spiro atoms. The molecule has 0 rings (SSSR count). The van der Waals surface area contributed by atoms with Crippen LogP contribution in [-0.2, 0) is 4.79 Å². The van der Waals surface area contributed by atoms with E-state index < -0.39 is 0 Å². The van der Waals surface area contributed by atoms with Gasteiger partial charge in [-0.2, -0.15) is 0 Å². The molecule has 0 aliphatic heterocycles. The highest BCUT2D eigenvalue weighted by Crippen LogP contribution is 2.05. The van der Waals surface area contributed by atoms with Gasteiger partial charge in [-0.1, -0.05) is 13.8 Å². The molecule has 2 atom stereocenters. The van der Waals surface area contributed by atoms with Crippen molar-refractivity contribution in [1.82, 2.24) is 0 Å². The maximum absolute atomic E-state index is 11.3. The second kappa shape index (κ2) is 5.27. The Hall–Kier alpha value is -0.410. The molecule has 3 heteroatoms. The monoisotopic (exact) mass is 158 g/mol. The molecule has 0 aromatic carbocycles. The van der Waals surface area contributed by atoms with E-state index in [0.717, 1.165) is 6.42 Å². The second-order valence-electron chi connectivity index (χ2n) is 2.90. The van der Waals surface area contributed by atoms with Crippen LogP contribution in [0, 0.1) is 5.92 Å². The van der Waals surface area contributed by atoms with Gasteiger partial charge in [-0.15, -0.1) is 0 Å². The second-order valence-corrected chi connectivity index (χ2v) is 2.90. The van der Waals surface area contributed by atoms with Gasteiger partial charge in [0.1, 0.15) is 0 Å². The van der Waals surface area contributed by atoms with Gasteiger partial charge in [-0.05, 0) is 19.4 Å². The summed E-state index contributed by atoms with van der Waals surface area (Å²) < 4.78 is 0. The lowest BCUT2D eigenvalue weighted by molar-refractivity contribution is -0.123. The molecule has 0 aromatic rings. The first-order valence-corrected chi connectivity index (χ1v) is 4.12. The van der Waals surface area contributed by atoms with Crippen LogP contribution in [0.1, 0.15) is 26.7 Å². The van der Waals surface area contributed by atoms with Crippen molar-refractivity contribution in [3.63, 3.8) is 0 Å². The first kappa shape index (κ1) is 10.6. The van der Waals surface area contributed by atoms with Gasteiger partial charge >= 0.3 is 0 Å². The number of rotatable bonds is 5. The third-order valence-electron chi connectivity index (χ3n) is 1.94. The molecule has 0 saturated heterocycles. The van der Waals surface area contributed by atoms with Crippen molar-refractivity contribution < 1.29 is 4.79 Å². The van der Waals surface area contributed by atoms with Crippen LogP contribution in [0.4, 0.5) is 0 Å². The molecule has 3 nitrogen and oxygen atoms in total. The highest BCUT2D eigenvalue weighted by Gasteiger charge is 2.17. The van der Waals surface area contributed by atoms with Gasteiger partial charge in [-0.25, -0.2) is 0 Å². The highest BCUT2D eigenvalue weighted by molar-refractivity contribution is 5.85. The largest absolute Gasteiger partial charge is 0.330 e. The minimum absolute atomic E-state index is 0.0801.